The quantitative estimate of drug-likeness (QED) is 0.217. The Morgan fingerprint density at radius 2 is 1.70 bits per heavy atom. The van der Waals surface area contributed by atoms with Crippen LogP contribution < -0.4 is 11.5 Å². The number of ketones is 1. The number of thiocarbonyl (C=S) groups is 1. The molecular weight excluding hydrogens is 378 g/mol. The van der Waals surface area contributed by atoms with E-state index in [1.807, 2.05) is 0 Å². The Balaban J connectivity index is 5.12. The smallest absolute Gasteiger partial charge is 0.309 e. The van der Waals surface area contributed by atoms with Gasteiger partial charge in [0.05, 0.1) is 37.1 Å². The Hall–Kier alpha value is -1.95. The van der Waals surface area contributed by atoms with Crippen LogP contribution >= 0.6 is 12.2 Å². The Morgan fingerprint density at radius 3 is 2.11 bits per heavy atom. The second-order valence-electron chi connectivity index (χ2n) is 6.45. The second-order valence-corrected chi connectivity index (χ2v) is 7.03. The summed E-state index contributed by atoms with van der Waals surface area (Å²) >= 11 is 5.13. The molecule has 0 radical (unpaired) electrons. The Morgan fingerprint density at radius 1 is 1.15 bits per heavy atom. The number of amides is 2. The molecule has 0 fully saturated rings. The third-order valence-electron chi connectivity index (χ3n) is 4.00. The van der Waals surface area contributed by atoms with E-state index >= 15 is 0 Å². The summed E-state index contributed by atoms with van der Waals surface area (Å²) in [4.78, 5) is 48.0. The lowest BCUT2D eigenvalue weighted by Gasteiger charge is -2.24. The average molecular weight is 405 g/mol. The minimum absolute atomic E-state index is 0.0990. The van der Waals surface area contributed by atoms with Crippen molar-refractivity contribution in [3.05, 3.63) is 0 Å². The molecule has 0 aromatic rings. The maximum absolute atomic E-state index is 12.6. The molecule has 10 nitrogen and oxygen atoms in total. The monoisotopic (exact) mass is 405 g/mol. The van der Waals surface area contributed by atoms with E-state index in [1.165, 1.54) is 14.0 Å². The van der Waals surface area contributed by atoms with Crippen molar-refractivity contribution in [3.63, 3.8) is 0 Å². The minimum atomic E-state index is -1.23. The number of carboxylic acid groups (broad SMARTS) is 1. The predicted octanol–water partition coefficient (Wildman–Crippen LogP) is -1.94. The van der Waals surface area contributed by atoms with E-state index in [2.05, 4.69) is 0 Å². The summed E-state index contributed by atoms with van der Waals surface area (Å²) < 4.78 is 0. The summed E-state index contributed by atoms with van der Waals surface area (Å²) in [7, 11) is 1.33. The Bertz CT molecular complexity index is 582. The first kappa shape index (κ1) is 25.1. The number of carbonyl (C=O) groups excluding carboxylic acids is 3. The highest BCUT2D eigenvalue weighted by molar-refractivity contribution is 7.80. The van der Waals surface area contributed by atoms with Crippen LogP contribution in [0.3, 0.4) is 0 Å². The van der Waals surface area contributed by atoms with Gasteiger partial charge in [0.2, 0.25) is 11.8 Å². The van der Waals surface area contributed by atoms with Crippen molar-refractivity contribution < 1.29 is 34.5 Å². The zero-order valence-corrected chi connectivity index (χ0v) is 16.1. The van der Waals surface area contributed by atoms with Gasteiger partial charge in [0, 0.05) is 13.5 Å². The number of likely N-dealkylation sites (N-methyl/N-ethyl adjacent to an activating group) is 1. The summed E-state index contributed by atoms with van der Waals surface area (Å²) in [5, 5.41) is 27.5. The van der Waals surface area contributed by atoms with Crippen molar-refractivity contribution in [1.82, 2.24) is 4.90 Å². The van der Waals surface area contributed by atoms with Crippen LogP contribution in [0, 0.1) is 11.8 Å². The number of hydrogen-bond donors (Lipinski definition) is 5. The van der Waals surface area contributed by atoms with Gasteiger partial charge in [-0.05, 0) is 24.6 Å². The predicted molar refractivity (Wildman–Crippen MR) is 99.6 cm³/mol. The molecule has 1 unspecified atom stereocenters. The zero-order chi connectivity index (χ0) is 21.3. The number of hydrogen-bond acceptors (Lipinski definition) is 8. The number of nitrogens with two attached hydrogens (primary N) is 2. The van der Waals surface area contributed by atoms with Crippen LogP contribution in [-0.2, 0) is 19.2 Å². The van der Waals surface area contributed by atoms with Gasteiger partial charge in [-0.15, -0.1) is 0 Å². The first-order valence-electron chi connectivity index (χ1n) is 8.25. The Kier molecular flexibility index (Phi) is 10.9. The van der Waals surface area contributed by atoms with Crippen LogP contribution in [0.15, 0.2) is 0 Å². The summed E-state index contributed by atoms with van der Waals surface area (Å²) in [5.41, 5.74) is 10.6. The van der Waals surface area contributed by atoms with E-state index in [0.717, 1.165) is 4.90 Å². The summed E-state index contributed by atoms with van der Waals surface area (Å²) in [6, 6.07) is -1.13. The van der Waals surface area contributed by atoms with Gasteiger partial charge in [-0.3, -0.25) is 19.2 Å². The summed E-state index contributed by atoms with van der Waals surface area (Å²) in [5.74, 6) is -5.24. The lowest BCUT2D eigenvalue weighted by atomic mass is 9.91. The van der Waals surface area contributed by atoms with Gasteiger partial charge in [0.1, 0.15) is 0 Å². The molecule has 0 aliphatic rings. The number of carboxylic acids is 1. The zero-order valence-electron chi connectivity index (χ0n) is 15.3. The first-order valence-corrected chi connectivity index (χ1v) is 8.66. The van der Waals surface area contributed by atoms with Gasteiger partial charge in [-0.25, -0.2) is 0 Å². The van der Waals surface area contributed by atoms with Gasteiger partial charge in [0.25, 0.3) is 0 Å². The number of rotatable bonds is 13. The van der Waals surface area contributed by atoms with Crippen molar-refractivity contribution in [2.45, 2.75) is 38.3 Å². The second kappa shape index (κ2) is 11.7. The van der Waals surface area contributed by atoms with Crippen LogP contribution in [-0.4, -0.2) is 81.0 Å². The van der Waals surface area contributed by atoms with E-state index in [9.17, 15) is 24.3 Å². The molecule has 0 aromatic heterocycles. The topological polar surface area (TPSA) is 184 Å². The number of carbonyl (C=O) groups is 4. The fourth-order valence-corrected chi connectivity index (χ4v) is 2.78. The molecule has 0 aliphatic heterocycles. The van der Waals surface area contributed by atoms with Gasteiger partial charge in [0.15, 0.2) is 5.78 Å². The van der Waals surface area contributed by atoms with Crippen LogP contribution in [0.4, 0.5) is 0 Å². The summed E-state index contributed by atoms with van der Waals surface area (Å²) in [6.07, 6.45) is -1.73. The lowest BCUT2D eigenvalue weighted by molar-refractivity contribution is -0.144. The molecule has 0 rings (SSSR count). The van der Waals surface area contributed by atoms with Crippen molar-refractivity contribution in [2.24, 2.45) is 23.3 Å². The van der Waals surface area contributed by atoms with Gasteiger partial charge >= 0.3 is 5.97 Å². The molecule has 154 valence electrons. The van der Waals surface area contributed by atoms with E-state index in [4.69, 9.17) is 33.9 Å². The average Bonchev–Trinajstić information content (AvgIpc) is 2.56. The van der Waals surface area contributed by atoms with E-state index in [-0.39, 0.29) is 30.7 Å². The lowest BCUT2D eigenvalue weighted by Crippen LogP contribution is -2.45. The first-order chi connectivity index (χ1) is 12.4. The van der Waals surface area contributed by atoms with Crippen molar-refractivity contribution in [3.8, 4) is 0 Å². The number of nitrogens with zero attached hydrogens (tertiary/aromatic N) is 1. The van der Waals surface area contributed by atoms with E-state index in [0.29, 0.717) is 0 Å². The number of aliphatic hydroxyl groups is 2. The van der Waals surface area contributed by atoms with Crippen molar-refractivity contribution in [1.29, 1.82) is 0 Å². The molecule has 7 N–H and O–H groups in total. The highest BCUT2D eigenvalue weighted by atomic mass is 32.1. The van der Waals surface area contributed by atoms with Crippen LogP contribution in [0.1, 0.15) is 26.2 Å². The maximum atomic E-state index is 12.6. The number of aliphatic carboxylic acids is 1. The van der Waals surface area contributed by atoms with Gasteiger partial charge < -0.3 is 31.7 Å². The number of primary amides is 1. The number of aliphatic hydroxyl groups excluding tert-OH is 2. The standard InChI is InChI=1S/C16H27N3O7S/c1-8(21)11(16(25)26)5-10(27)3-9(4-14(18)23)15(24)19(2)6-13(22)12(17)7-20/h8-9,11-12,20-21H,3-7,17H2,1-2H3,(H2,18,23)(H,25,26)/t8?,9-,11-,12-/m0/s1. The molecule has 0 saturated carbocycles. The normalized spacial score (nSPS) is 15.3. The Labute approximate surface area is 162 Å². The van der Waals surface area contributed by atoms with Crippen LogP contribution in [0.5, 0.6) is 0 Å². The van der Waals surface area contributed by atoms with Gasteiger partial charge in [-0.2, -0.15) is 0 Å². The molecule has 4 atom stereocenters. The third kappa shape index (κ3) is 9.00. The molecule has 0 aromatic carbocycles. The molecule has 0 saturated heterocycles. The fourth-order valence-electron chi connectivity index (χ4n) is 2.40. The highest BCUT2D eigenvalue weighted by Gasteiger charge is 2.30. The van der Waals surface area contributed by atoms with Crippen LogP contribution in [0.25, 0.3) is 0 Å². The highest BCUT2D eigenvalue weighted by Crippen LogP contribution is 2.19. The third-order valence-corrected chi connectivity index (χ3v) is 4.33. The van der Waals surface area contributed by atoms with Gasteiger partial charge in [-0.1, -0.05) is 12.2 Å². The number of Topliss-reactive ketones (excluding diaryl/α,β-unsaturated/α-hetero) is 1. The molecule has 2 amide bonds. The van der Waals surface area contributed by atoms with Crippen molar-refractivity contribution >= 4 is 40.6 Å². The SMILES string of the molecule is CC(O)[C@H](CC(=S)C[C@@H](CC(N)=O)C(=O)N(C)CC(=O)[C@@H](N)CO)C(=O)O. The molecule has 0 heterocycles. The fraction of sp³-hybridized carbons (Fsp3) is 0.688. The van der Waals surface area contributed by atoms with E-state index in [1.54, 1.807) is 0 Å². The maximum Gasteiger partial charge on any atom is 0.309 e. The summed E-state index contributed by atoms with van der Waals surface area (Å²) in [6.45, 7) is 0.386. The van der Waals surface area contributed by atoms with Crippen LogP contribution in [0.2, 0.25) is 0 Å². The molecule has 27 heavy (non-hydrogen) atoms. The molecule has 0 aliphatic carbocycles. The molecule has 11 heteroatoms. The van der Waals surface area contributed by atoms with Crippen molar-refractivity contribution in [2.75, 3.05) is 20.2 Å². The largest absolute Gasteiger partial charge is 0.481 e. The minimum Gasteiger partial charge on any atom is -0.481 e. The molecule has 0 spiro atoms. The van der Waals surface area contributed by atoms with E-state index < -0.39 is 54.2 Å². The molecule has 0 bridgehead atoms. The molecular formula is C16H27N3O7S.